The van der Waals surface area contributed by atoms with Gasteiger partial charge in [0.2, 0.25) is 11.8 Å². The van der Waals surface area contributed by atoms with Gasteiger partial charge in [-0.15, -0.1) is 0 Å². The maximum absolute atomic E-state index is 13.4. The van der Waals surface area contributed by atoms with Crippen LogP contribution in [0.5, 0.6) is 0 Å². The van der Waals surface area contributed by atoms with Crippen molar-refractivity contribution in [3.8, 4) is 0 Å². The molecule has 288 valence electrons. The summed E-state index contributed by atoms with van der Waals surface area (Å²) in [6.45, 7) is 13.8. The fourth-order valence-electron chi connectivity index (χ4n) is 6.79. The van der Waals surface area contributed by atoms with Crippen LogP contribution >= 0.6 is 0 Å². The molecule has 0 aromatic rings. The molecule has 0 aliphatic carbocycles. The summed E-state index contributed by atoms with van der Waals surface area (Å²) in [5, 5.41) is 35.8. The van der Waals surface area contributed by atoms with E-state index in [4.69, 9.17) is 0 Å². The van der Waals surface area contributed by atoms with Crippen LogP contribution in [0.3, 0.4) is 0 Å². The summed E-state index contributed by atoms with van der Waals surface area (Å²) < 4.78 is 0. The van der Waals surface area contributed by atoms with E-state index in [9.17, 15) is 48.9 Å². The van der Waals surface area contributed by atoms with Crippen LogP contribution in [-0.2, 0) is 33.6 Å². The van der Waals surface area contributed by atoms with Gasteiger partial charge in [-0.3, -0.25) is 58.1 Å². The van der Waals surface area contributed by atoms with Crippen LogP contribution in [-0.4, -0.2) is 178 Å². The fraction of sp³-hybridized carbons (Fsp3) is 0.735. The molecular weight excluding hydrogens is 666 g/mol. The number of carbonyl (C=O) groups excluding carboxylic acids is 4. The van der Waals surface area contributed by atoms with Gasteiger partial charge in [0.05, 0.1) is 12.6 Å². The van der Waals surface area contributed by atoms with Gasteiger partial charge in [-0.05, 0) is 24.7 Å². The first-order valence-corrected chi connectivity index (χ1v) is 17.6. The predicted octanol–water partition coefficient (Wildman–Crippen LogP) is -0.918. The van der Waals surface area contributed by atoms with E-state index in [0.29, 0.717) is 0 Å². The third-order valence-corrected chi connectivity index (χ3v) is 9.44. The van der Waals surface area contributed by atoms with Crippen molar-refractivity contribution in [1.82, 2.24) is 35.1 Å². The van der Waals surface area contributed by atoms with E-state index in [1.807, 2.05) is 4.90 Å². The highest BCUT2D eigenvalue weighted by Crippen LogP contribution is 2.19. The average molecular weight is 724 g/mol. The zero-order chi connectivity index (χ0) is 38.6. The predicted molar refractivity (Wildman–Crippen MR) is 186 cm³/mol. The highest BCUT2D eigenvalue weighted by molar-refractivity contribution is 6.12. The summed E-state index contributed by atoms with van der Waals surface area (Å²) in [7, 11) is 0. The number of rotatable bonds is 16. The number of carbonyl (C=O) groups is 7. The molecule has 2 aliphatic heterocycles. The first kappa shape index (κ1) is 43.2. The monoisotopic (exact) mass is 723 g/mol. The molecule has 5 N–H and O–H groups in total. The summed E-state index contributed by atoms with van der Waals surface area (Å²) in [6.07, 6.45) is 2.29. The molecule has 2 rings (SSSR count). The number of carboxylic acids is 3. The van der Waals surface area contributed by atoms with Gasteiger partial charge in [0.15, 0.2) is 0 Å². The van der Waals surface area contributed by atoms with Crippen LogP contribution in [0, 0.1) is 17.8 Å². The Bertz CT molecular complexity index is 1230. The van der Waals surface area contributed by atoms with E-state index in [2.05, 4.69) is 10.6 Å². The van der Waals surface area contributed by atoms with Crippen molar-refractivity contribution < 1.29 is 48.9 Å². The van der Waals surface area contributed by atoms with Gasteiger partial charge in [-0.25, -0.2) is 0 Å². The smallest absolute Gasteiger partial charge is 0.321 e. The quantitative estimate of drug-likeness (QED) is 0.122. The van der Waals surface area contributed by atoms with E-state index in [1.54, 1.807) is 63.2 Å². The molecule has 0 spiro atoms. The molecule has 0 aromatic heterocycles. The first-order chi connectivity index (χ1) is 23.9. The molecule has 0 saturated carbocycles. The van der Waals surface area contributed by atoms with E-state index in [0.717, 1.165) is 17.1 Å². The van der Waals surface area contributed by atoms with Crippen LogP contribution in [0.1, 0.15) is 48.5 Å². The fourth-order valence-corrected chi connectivity index (χ4v) is 6.79. The molecule has 4 amide bonds. The lowest BCUT2D eigenvalue weighted by Gasteiger charge is -2.41. The largest absolute Gasteiger partial charge is 0.480 e. The number of amides is 4. The highest BCUT2D eigenvalue weighted by atomic mass is 16.4. The third kappa shape index (κ3) is 12.7. The molecule has 4 atom stereocenters. The summed E-state index contributed by atoms with van der Waals surface area (Å²) in [6, 6.07) is -3.44. The Hall–Kier alpha value is -3.93. The molecule has 51 heavy (non-hydrogen) atoms. The SMILES string of the molecule is CC(C)C(C(=O)O)N1CCN(C(C)C(=O)NCC(=O)NCCN2C(=O)C=CC2=O)CCN(C(C(=O)O)C(C)C)CCN(C(C(=O)O)C(C)C)CC1. The minimum atomic E-state index is -1.02. The number of carboxylic acid groups (broad SMARTS) is 3. The third-order valence-electron chi connectivity index (χ3n) is 9.44. The van der Waals surface area contributed by atoms with Crippen molar-refractivity contribution in [3.05, 3.63) is 12.2 Å². The highest BCUT2D eigenvalue weighted by Gasteiger charge is 2.36. The van der Waals surface area contributed by atoms with Gasteiger partial charge in [-0.1, -0.05) is 41.5 Å². The number of aliphatic carboxylic acids is 3. The summed E-state index contributed by atoms with van der Waals surface area (Å²) >= 11 is 0. The van der Waals surface area contributed by atoms with E-state index < -0.39 is 65.7 Å². The van der Waals surface area contributed by atoms with Crippen LogP contribution in [0.4, 0.5) is 0 Å². The topological polar surface area (TPSA) is 220 Å². The Balaban J connectivity index is 2.31. The van der Waals surface area contributed by atoms with Crippen molar-refractivity contribution in [2.75, 3.05) is 72.0 Å². The van der Waals surface area contributed by atoms with Crippen molar-refractivity contribution in [3.63, 3.8) is 0 Å². The lowest BCUT2D eigenvalue weighted by Crippen LogP contribution is -2.58. The van der Waals surface area contributed by atoms with Crippen molar-refractivity contribution in [2.24, 2.45) is 17.8 Å². The Kier molecular flexibility index (Phi) is 17.1. The number of imide groups is 1. The van der Waals surface area contributed by atoms with Crippen LogP contribution < -0.4 is 10.6 Å². The normalized spacial score (nSPS) is 20.2. The molecule has 1 fully saturated rings. The molecule has 1 saturated heterocycles. The first-order valence-electron chi connectivity index (χ1n) is 17.6. The van der Waals surface area contributed by atoms with Crippen molar-refractivity contribution >= 4 is 41.5 Å². The van der Waals surface area contributed by atoms with Crippen molar-refractivity contribution in [1.29, 1.82) is 0 Å². The lowest BCUT2D eigenvalue weighted by atomic mass is 10.00. The van der Waals surface area contributed by atoms with Crippen molar-refractivity contribution in [2.45, 2.75) is 72.6 Å². The number of hydrogen-bond acceptors (Lipinski definition) is 11. The molecule has 0 bridgehead atoms. The molecule has 17 nitrogen and oxygen atoms in total. The maximum atomic E-state index is 13.4. The van der Waals surface area contributed by atoms with Crippen LogP contribution in [0.2, 0.25) is 0 Å². The average Bonchev–Trinajstić information content (AvgIpc) is 3.34. The maximum Gasteiger partial charge on any atom is 0.321 e. The van der Waals surface area contributed by atoms with E-state index in [1.165, 1.54) is 0 Å². The van der Waals surface area contributed by atoms with Gasteiger partial charge in [0.1, 0.15) is 18.1 Å². The standard InChI is InChI=1S/C34H57N7O10/c1-21(2)28(32(46)47)38-14-12-37(24(7)31(45)36-20-25(42)35-10-11-41-26(43)8-9-27(41)44)13-15-39(29(22(3)4)33(48)49)17-19-40(18-16-38)30(23(5)6)34(50)51/h8-9,21-24,28-30H,10-20H2,1-7H3,(H,35,42)(H,36,45)(H,46,47)(H,48,49)(H,50,51). The molecule has 17 heteroatoms. The second-order valence-corrected chi connectivity index (χ2v) is 14.1. The minimum Gasteiger partial charge on any atom is -0.480 e. The molecule has 0 radical (unpaired) electrons. The van der Waals surface area contributed by atoms with Gasteiger partial charge < -0.3 is 26.0 Å². The minimum absolute atomic E-state index is 0.00418. The van der Waals surface area contributed by atoms with Gasteiger partial charge in [0, 0.05) is 77.6 Å². The van der Waals surface area contributed by atoms with Gasteiger partial charge >= 0.3 is 17.9 Å². The summed E-state index contributed by atoms with van der Waals surface area (Å²) in [5.74, 6) is -5.84. The number of hydrogen-bond donors (Lipinski definition) is 5. The van der Waals surface area contributed by atoms with Gasteiger partial charge in [0.25, 0.3) is 11.8 Å². The molecule has 2 heterocycles. The zero-order valence-electron chi connectivity index (χ0n) is 30.9. The van der Waals surface area contributed by atoms with Crippen LogP contribution in [0.25, 0.3) is 0 Å². The summed E-state index contributed by atoms with van der Waals surface area (Å²) in [5.41, 5.74) is 0. The molecular formula is C34H57N7O10. The van der Waals surface area contributed by atoms with Gasteiger partial charge in [-0.2, -0.15) is 0 Å². The molecule has 0 aromatic carbocycles. The Morgan fingerprint density at radius 3 is 1.24 bits per heavy atom. The molecule has 2 aliphatic rings. The van der Waals surface area contributed by atoms with Crippen LogP contribution in [0.15, 0.2) is 12.2 Å². The number of nitrogens with one attached hydrogen (secondary N) is 2. The van der Waals surface area contributed by atoms with E-state index in [-0.39, 0.29) is 89.7 Å². The zero-order valence-corrected chi connectivity index (χ0v) is 30.9. The second-order valence-electron chi connectivity index (χ2n) is 14.1. The summed E-state index contributed by atoms with van der Waals surface area (Å²) in [4.78, 5) is 94.9. The molecule has 4 unspecified atom stereocenters. The Labute approximate surface area is 299 Å². The Morgan fingerprint density at radius 2 is 0.922 bits per heavy atom. The Morgan fingerprint density at radius 1 is 0.588 bits per heavy atom. The van der Waals surface area contributed by atoms with E-state index >= 15 is 0 Å². The number of nitrogens with zero attached hydrogens (tertiary/aromatic N) is 5. The lowest BCUT2D eigenvalue weighted by molar-refractivity contribution is -0.149. The second kappa shape index (κ2) is 20.2.